The van der Waals surface area contributed by atoms with E-state index < -0.39 is 7.12 Å². The van der Waals surface area contributed by atoms with Gasteiger partial charge in [-0.05, 0) is 11.6 Å². The van der Waals surface area contributed by atoms with Crippen LogP contribution in [0.4, 0.5) is 0 Å². The lowest BCUT2D eigenvalue weighted by Gasteiger charge is -2.12. The Labute approximate surface area is 87.3 Å². The highest BCUT2D eigenvalue weighted by atomic mass is 16.6. The zero-order valence-electron chi connectivity index (χ0n) is 8.06. The molecule has 3 aliphatic rings. The lowest BCUT2D eigenvalue weighted by atomic mass is 9.79. The van der Waals surface area contributed by atoms with Crippen molar-refractivity contribution in [3.8, 4) is 5.75 Å². The van der Waals surface area contributed by atoms with Crippen molar-refractivity contribution >= 4 is 12.6 Å². The molecule has 2 atom stereocenters. The predicted octanol–water partition coefficient (Wildman–Crippen LogP) is -0.645. The largest absolute Gasteiger partial charge is 0.495 e. The van der Waals surface area contributed by atoms with E-state index >= 15 is 0 Å². The van der Waals surface area contributed by atoms with E-state index in [0.29, 0.717) is 12.6 Å². The molecule has 1 saturated carbocycles. The standard InChI is InChI=1S/C10H10BNO3/c13-11-9-6(5-14-11)2-1-3-7(9)15-10-4-8(10)12-10/h1-3,8,12-13H,4-5H2. The molecule has 1 saturated heterocycles. The van der Waals surface area contributed by atoms with Gasteiger partial charge >= 0.3 is 7.12 Å². The summed E-state index contributed by atoms with van der Waals surface area (Å²) in [7, 11) is -0.830. The Morgan fingerprint density at radius 2 is 2.40 bits per heavy atom. The predicted molar refractivity (Wildman–Crippen MR) is 53.7 cm³/mol. The van der Waals surface area contributed by atoms with Gasteiger partial charge in [0.2, 0.25) is 0 Å². The van der Waals surface area contributed by atoms with Crippen LogP contribution in [0.1, 0.15) is 12.0 Å². The second kappa shape index (κ2) is 2.37. The SMILES string of the molecule is OB1OCc2cccc(OC34CC3N4)c21. The summed E-state index contributed by atoms with van der Waals surface area (Å²) in [6, 6.07) is 6.32. The summed E-state index contributed by atoms with van der Waals surface area (Å²) < 4.78 is 11.0. The molecule has 0 bridgehead atoms. The fourth-order valence-electron chi connectivity index (χ4n) is 2.15. The first-order valence-corrected chi connectivity index (χ1v) is 5.17. The van der Waals surface area contributed by atoms with E-state index in [1.54, 1.807) is 0 Å². The third kappa shape index (κ3) is 1.03. The summed E-state index contributed by atoms with van der Waals surface area (Å²) in [6.07, 6.45) is 1.08. The van der Waals surface area contributed by atoms with Crippen molar-refractivity contribution in [3.05, 3.63) is 23.8 Å². The Morgan fingerprint density at radius 3 is 3.13 bits per heavy atom. The molecule has 0 aromatic heterocycles. The van der Waals surface area contributed by atoms with Crippen molar-refractivity contribution in [2.75, 3.05) is 0 Å². The number of benzene rings is 1. The Balaban J connectivity index is 1.74. The van der Waals surface area contributed by atoms with Crippen molar-refractivity contribution in [1.29, 1.82) is 0 Å². The third-order valence-electron chi connectivity index (χ3n) is 3.34. The van der Waals surface area contributed by atoms with Crippen molar-refractivity contribution in [3.63, 3.8) is 0 Å². The van der Waals surface area contributed by atoms with Gasteiger partial charge in [0, 0.05) is 11.9 Å². The average molecular weight is 203 g/mol. The maximum atomic E-state index is 9.67. The Kier molecular flexibility index (Phi) is 1.29. The van der Waals surface area contributed by atoms with Crippen LogP contribution in [0, 0.1) is 0 Å². The number of ether oxygens (including phenoxy) is 1. The van der Waals surface area contributed by atoms with Crippen LogP contribution in [0.15, 0.2) is 18.2 Å². The molecule has 2 unspecified atom stereocenters. The fourth-order valence-corrected chi connectivity index (χ4v) is 2.15. The van der Waals surface area contributed by atoms with E-state index in [2.05, 4.69) is 5.32 Å². The maximum absolute atomic E-state index is 9.67. The highest BCUT2D eigenvalue weighted by molar-refractivity contribution is 6.62. The molecule has 4 rings (SSSR count). The quantitative estimate of drug-likeness (QED) is 0.495. The molecule has 2 N–H and O–H groups in total. The van der Waals surface area contributed by atoms with Gasteiger partial charge in [-0.15, -0.1) is 0 Å². The maximum Gasteiger partial charge on any atom is 0.495 e. The lowest BCUT2D eigenvalue weighted by molar-refractivity contribution is 0.225. The van der Waals surface area contributed by atoms with Crippen molar-refractivity contribution < 1.29 is 14.4 Å². The Hall–Kier alpha value is -1.04. The number of nitrogens with one attached hydrogen (secondary N) is 1. The zero-order valence-corrected chi connectivity index (χ0v) is 8.06. The molecular weight excluding hydrogens is 193 g/mol. The van der Waals surface area contributed by atoms with Crippen LogP contribution in [0.3, 0.4) is 0 Å². The van der Waals surface area contributed by atoms with E-state index in [0.717, 1.165) is 23.2 Å². The van der Waals surface area contributed by atoms with Crippen LogP contribution in [0.2, 0.25) is 0 Å². The molecule has 5 heteroatoms. The van der Waals surface area contributed by atoms with Gasteiger partial charge in [-0.2, -0.15) is 0 Å². The molecule has 2 heterocycles. The summed E-state index contributed by atoms with van der Waals surface area (Å²) in [4.78, 5) is 0. The zero-order chi connectivity index (χ0) is 10.0. The van der Waals surface area contributed by atoms with Gasteiger partial charge in [-0.3, -0.25) is 5.32 Å². The summed E-state index contributed by atoms with van der Waals surface area (Å²) >= 11 is 0. The van der Waals surface area contributed by atoms with Gasteiger partial charge < -0.3 is 14.4 Å². The monoisotopic (exact) mass is 203 g/mol. The number of hydrogen-bond acceptors (Lipinski definition) is 4. The third-order valence-corrected chi connectivity index (χ3v) is 3.34. The topological polar surface area (TPSA) is 60.6 Å². The highest BCUT2D eigenvalue weighted by Crippen LogP contribution is 2.51. The van der Waals surface area contributed by atoms with Crippen LogP contribution in [-0.2, 0) is 11.3 Å². The molecule has 2 aliphatic heterocycles. The molecule has 0 spiro atoms. The first kappa shape index (κ1) is 8.16. The van der Waals surface area contributed by atoms with E-state index in [1.165, 1.54) is 0 Å². The highest BCUT2D eigenvalue weighted by Gasteiger charge is 2.73. The average Bonchev–Trinajstić information content (AvgIpc) is 2.99. The Morgan fingerprint density at radius 1 is 1.60 bits per heavy atom. The van der Waals surface area contributed by atoms with Crippen molar-refractivity contribution in [1.82, 2.24) is 5.32 Å². The van der Waals surface area contributed by atoms with E-state index in [9.17, 15) is 5.02 Å². The molecule has 15 heavy (non-hydrogen) atoms. The smallest absolute Gasteiger partial charge is 0.471 e. The van der Waals surface area contributed by atoms with Gasteiger partial charge in [-0.1, -0.05) is 12.1 Å². The molecular formula is C10H10BNO3. The summed E-state index contributed by atoms with van der Waals surface area (Å²) in [5.74, 6) is 0.755. The van der Waals surface area contributed by atoms with Crippen LogP contribution >= 0.6 is 0 Å². The number of hydrogen-bond donors (Lipinski definition) is 2. The normalized spacial score (nSPS) is 34.7. The molecule has 76 valence electrons. The number of rotatable bonds is 2. The molecule has 0 radical (unpaired) electrons. The first-order valence-electron chi connectivity index (χ1n) is 5.17. The van der Waals surface area contributed by atoms with Gasteiger partial charge in [0.1, 0.15) is 5.75 Å². The molecule has 1 aromatic carbocycles. The molecule has 4 nitrogen and oxygen atoms in total. The minimum Gasteiger partial charge on any atom is -0.471 e. The van der Waals surface area contributed by atoms with Gasteiger partial charge in [-0.25, -0.2) is 0 Å². The molecule has 0 amide bonds. The Bertz CT molecular complexity index is 444. The molecule has 1 aromatic rings. The minimum absolute atomic E-state index is 0.0998. The van der Waals surface area contributed by atoms with Gasteiger partial charge in [0.15, 0.2) is 5.72 Å². The molecule has 1 aliphatic carbocycles. The molecule has 2 fully saturated rings. The summed E-state index contributed by atoms with van der Waals surface area (Å²) in [5, 5.41) is 12.9. The van der Waals surface area contributed by atoms with Crippen molar-refractivity contribution in [2.24, 2.45) is 0 Å². The summed E-state index contributed by atoms with van der Waals surface area (Å²) in [5.41, 5.74) is 1.72. The number of fused-ring (bicyclic) bond motifs is 2. The van der Waals surface area contributed by atoms with Crippen LogP contribution in [-0.4, -0.2) is 23.9 Å². The second-order valence-corrected chi connectivity index (χ2v) is 4.38. The van der Waals surface area contributed by atoms with Crippen LogP contribution in [0.5, 0.6) is 5.75 Å². The second-order valence-electron chi connectivity index (χ2n) is 4.38. The minimum atomic E-state index is -0.830. The van der Waals surface area contributed by atoms with Crippen LogP contribution < -0.4 is 15.5 Å². The summed E-state index contributed by atoms with van der Waals surface area (Å²) in [6.45, 7) is 0.470. The van der Waals surface area contributed by atoms with Gasteiger partial charge in [0.05, 0.1) is 12.6 Å². The van der Waals surface area contributed by atoms with Gasteiger partial charge in [0.25, 0.3) is 0 Å². The lowest BCUT2D eigenvalue weighted by Crippen LogP contribution is -2.31. The van der Waals surface area contributed by atoms with Crippen LogP contribution in [0.25, 0.3) is 0 Å². The fraction of sp³-hybridized carbons (Fsp3) is 0.400. The van der Waals surface area contributed by atoms with E-state index in [1.807, 2.05) is 18.2 Å². The first-order chi connectivity index (χ1) is 7.28. The van der Waals surface area contributed by atoms with E-state index in [4.69, 9.17) is 9.39 Å². The van der Waals surface area contributed by atoms with E-state index in [-0.39, 0.29) is 5.72 Å². The van der Waals surface area contributed by atoms with Crippen molar-refractivity contribution in [2.45, 2.75) is 24.8 Å².